The Morgan fingerprint density at radius 1 is 1.30 bits per heavy atom. The Bertz CT molecular complexity index is 611. The van der Waals surface area contributed by atoms with Crippen molar-refractivity contribution in [2.24, 2.45) is 0 Å². The summed E-state index contributed by atoms with van der Waals surface area (Å²) in [6.45, 7) is 2.24. The molecular weight excluding hydrogens is 261 g/mol. The van der Waals surface area contributed by atoms with Gasteiger partial charge in [0.05, 0.1) is 25.6 Å². The minimum Gasteiger partial charge on any atom is -0.493 e. The average Bonchev–Trinajstić information content (AvgIpc) is 2.47. The molecule has 104 valence electrons. The van der Waals surface area contributed by atoms with Crippen LogP contribution in [-0.2, 0) is 4.74 Å². The van der Waals surface area contributed by atoms with Gasteiger partial charge in [-0.05, 0) is 31.2 Å². The third kappa shape index (κ3) is 2.93. The average molecular weight is 275 g/mol. The predicted molar refractivity (Wildman–Crippen MR) is 72.1 cm³/mol. The lowest BCUT2D eigenvalue weighted by Gasteiger charge is -2.10. The number of rotatable bonds is 4. The van der Waals surface area contributed by atoms with E-state index >= 15 is 0 Å². The van der Waals surface area contributed by atoms with Gasteiger partial charge in [-0.2, -0.15) is 0 Å². The van der Waals surface area contributed by atoms with Crippen LogP contribution in [0.5, 0.6) is 5.75 Å². The van der Waals surface area contributed by atoms with E-state index in [4.69, 9.17) is 9.47 Å². The Kier molecular flexibility index (Phi) is 4.30. The zero-order valence-electron chi connectivity index (χ0n) is 11.2. The van der Waals surface area contributed by atoms with Crippen molar-refractivity contribution in [1.82, 2.24) is 4.98 Å². The Morgan fingerprint density at radius 3 is 2.70 bits per heavy atom. The van der Waals surface area contributed by atoms with Crippen LogP contribution in [-0.4, -0.2) is 24.7 Å². The number of nitrogens with zero attached hydrogens (tertiary/aromatic N) is 1. The Labute approximate surface area is 116 Å². The van der Waals surface area contributed by atoms with E-state index in [1.165, 1.54) is 13.2 Å². The summed E-state index contributed by atoms with van der Waals surface area (Å²) in [5.41, 5.74) is 1.69. The number of ether oxygens (including phenoxy) is 2. The predicted octanol–water partition coefficient (Wildman–Crippen LogP) is 3.07. The number of benzene rings is 1. The van der Waals surface area contributed by atoms with Crippen molar-refractivity contribution in [2.75, 3.05) is 13.7 Å². The number of aromatic nitrogens is 1. The van der Waals surface area contributed by atoms with Crippen molar-refractivity contribution in [2.45, 2.75) is 6.92 Å². The number of esters is 1. The number of carbonyl (C=O) groups is 1. The minimum absolute atomic E-state index is 0.347. The number of methoxy groups -OCH3 is 1. The number of hydrogen-bond donors (Lipinski definition) is 0. The Balaban J connectivity index is 2.43. The largest absolute Gasteiger partial charge is 0.493 e. The smallest absolute Gasteiger partial charge is 0.341 e. The van der Waals surface area contributed by atoms with E-state index in [0.717, 1.165) is 11.8 Å². The molecule has 0 unspecified atom stereocenters. The molecule has 0 aliphatic carbocycles. The van der Waals surface area contributed by atoms with E-state index < -0.39 is 11.8 Å². The van der Waals surface area contributed by atoms with Crippen molar-refractivity contribution in [3.8, 4) is 17.0 Å². The molecule has 0 amide bonds. The van der Waals surface area contributed by atoms with Crippen LogP contribution in [0.1, 0.15) is 17.3 Å². The molecule has 1 aromatic heterocycles. The van der Waals surface area contributed by atoms with Crippen molar-refractivity contribution in [1.29, 1.82) is 0 Å². The maximum absolute atomic E-state index is 12.9. The molecule has 1 aromatic carbocycles. The fourth-order valence-corrected chi connectivity index (χ4v) is 1.78. The second kappa shape index (κ2) is 6.14. The van der Waals surface area contributed by atoms with Gasteiger partial charge in [-0.15, -0.1) is 0 Å². The number of halogens is 1. The first-order valence-electron chi connectivity index (χ1n) is 6.12. The van der Waals surface area contributed by atoms with E-state index in [0.29, 0.717) is 23.6 Å². The van der Waals surface area contributed by atoms with Gasteiger partial charge in [-0.1, -0.05) is 6.07 Å². The molecular formula is C15H14FNO3. The van der Waals surface area contributed by atoms with Crippen molar-refractivity contribution >= 4 is 5.97 Å². The summed E-state index contributed by atoms with van der Waals surface area (Å²) in [6, 6.07) is 7.91. The van der Waals surface area contributed by atoms with E-state index in [-0.39, 0.29) is 0 Å². The summed E-state index contributed by atoms with van der Waals surface area (Å²) in [7, 11) is 1.31. The maximum atomic E-state index is 12.9. The van der Waals surface area contributed by atoms with Gasteiger partial charge in [0.2, 0.25) is 0 Å². The molecule has 0 aliphatic heterocycles. The molecule has 4 nitrogen and oxygen atoms in total. The highest BCUT2D eigenvalue weighted by Gasteiger charge is 2.14. The summed E-state index contributed by atoms with van der Waals surface area (Å²) in [4.78, 5) is 15.6. The quantitative estimate of drug-likeness (QED) is 0.805. The molecule has 5 heteroatoms. The summed E-state index contributed by atoms with van der Waals surface area (Å²) in [5.74, 6) is -0.444. The summed E-state index contributed by atoms with van der Waals surface area (Å²) >= 11 is 0. The molecule has 2 aromatic rings. The van der Waals surface area contributed by atoms with Crippen molar-refractivity contribution in [3.05, 3.63) is 47.9 Å². The molecule has 0 fully saturated rings. The molecule has 2 rings (SSSR count). The third-order valence-corrected chi connectivity index (χ3v) is 2.71. The van der Waals surface area contributed by atoms with Gasteiger partial charge in [-0.25, -0.2) is 9.18 Å². The lowest BCUT2D eigenvalue weighted by Crippen LogP contribution is -2.05. The lowest BCUT2D eigenvalue weighted by atomic mass is 10.1. The van der Waals surface area contributed by atoms with Crippen LogP contribution in [0.25, 0.3) is 11.3 Å². The van der Waals surface area contributed by atoms with Gasteiger partial charge in [-0.3, -0.25) is 4.98 Å². The Morgan fingerprint density at radius 2 is 2.10 bits per heavy atom. The normalized spacial score (nSPS) is 10.2. The van der Waals surface area contributed by atoms with Gasteiger partial charge < -0.3 is 9.47 Å². The second-order valence-corrected chi connectivity index (χ2v) is 4.00. The van der Waals surface area contributed by atoms with Crippen LogP contribution >= 0.6 is 0 Å². The standard InChI is InChI=1S/C15H14FNO3/c1-3-20-14-8-10(4-6-12(14)15(18)19-2)13-7-5-11(16)9-17-13/h4-9H,3H2,1-2H3. The minimum atomic E-state index is -0.466. The van der Waals surface area contributed by atoms with E-state index in [2.05, 4.69) is 4.98 Å². The summed E-state index contributed by atoms with van der Waals surface area (Å²) in [6.07, 6.45) is 1.14. The molecule has 0 bridgehead atoms. The van der Waals surface area contributed by atoms with Crippen LogP contribution in [0.2, 0.25) is 0 Å². The van der Waals surface area contributed by atoms with Gasteiger partial charge in [0.15, 0.2) is 0 Å². The highest BCUT2D eigenvalue weighted by molar-refractivity contribution is 5.93. The summed E-state index contributed by atoms with van der Waals surface area (Å²) < 4.78 is 23.0. The van der Waals surface area contributed by atoms with Crippen LogP contribution in [0, 0.1) is 5.82 Å². The fraction of sp³-hybridized carbons (Fsp3) is 0.200. The third-order valence-electron chi connectivity index (χ3n) is 2.71. The van der Waals surface area contributed by atoms with Crippen molar-refractivity contribution in [3.63, 3.8) is 0 Å². The molecule has 1 heterocycles. The number of hydrogen-bond acceptors (Lipinski definition) is 4. The topological polar surface area (TPSA) is 48.4 Å². The van der Waals surface area contributed by atoms with E-state index in [1.807, 2.05) is 6.92 Å². The zero-order valence-corrected chi connectivity index (χ0v) is 11.2. The van der Waals surface area contributed by atoms with Crippen LogP contribution in [0.15, 0.2) is 36.5 Å². The highest BCUT2D eigenvalue weighted by atomic mass is 19.1. The first-order valence-corrected chi connectivity index (χ1v) is 6.12. The molecule has 0 saturated heterocycles. The molecule has 20 heavy (non-hydrogen) atoms. The first kappa shape index (κ1) is 14.0. The molecule has 0 spiro atoms. The molecule has 0 N–H and O–H groups in total. The number of carbonyl (C=O) groups excluding carboxylic acids is 1. The number of pyridine rings is 1. The first-order chi connectivity index (χ1) is 9.65. The molecule has 0 radical (unpaired) electrons. The fourth-order valence-electron chi connectivity index (χ4n) is 1.78. The van der Waals surface area contributed by atoms with E-state index in [9.17, 15) is 9.18 Å². The second-order valence-electron chi connectivity index (χ2n) is 4.00. The summed E-state index contributed by atoms with van der Waals surface area (Å²) in [5, 5.41) is 0. The van der Waals surface area contributed by atoms with Gasteiger partial charge >= 0.3 is 5.97 Å². The van der Waals surface area contributed by atoms with Gasteiger partial charge in [0, 0.05) is 5.56 Å². The SMILES string of the molecule is CCOc1cc(-c2ccc(F)cn2)ccc1C(=O)OC. The van der Waals surface area contributed by atoms with Gasteiger partial charge in [0.25, 0.3) is 0 Å². The van der Waals surface area contributed by atoms with Crippen LogP contribution in [0.4, 0.5) is 4.39 Å². The van der Waals surface area contributed by atoms with Crippen LogP contribution in [0.3, 0.4) is 0 Å². The Hall–Kier alpha value is -2.43. The van der Waals surface area contributed by atoms with Crippen LogP contribution < -0.4 is 4.74 Å². The highest BCUT2D eigenvalue weighted by Crippen LogP contribution is 2.27. The van der Waals surface area contributed by atoms with Crippen molar-refractivity contribution < 1.29 is 18.7 Å². The molecule has 0 aliphatic rings. The van der Waals surface area contributed by atoms with Gasteiger partial charge in [0.1, 0.15) is 17.1 Å². The van der Waals surface area contributed by atoms with E-state index in [1.54, 1.807) is 24.3 Å². The lowest BCUT2D eigenvalue weighted by molar-refractivity contribution is 0.0596. The molecule has 0 atom stereocenters. The maximum Gasteiger partial charge on any atom is 0.341 e. The monoisotopic (exact) mass is 275 g/mol. The zero-order chi connectivity index (χ0) is 14.5. The molecule has 0 saturated carbocycles.